The predicted octanol–water partition coefficient (Wildman–Crippen LogP) is 6.93. The normalized spacial score (nSPS) is 10.6. The summed E-state index contributed by atoms with van der Waals surface area (Å²) in [5.74, 6) is 0.899. The van der Waals surface area contributed by atoms with Gasteiger partial charge in [-0.1, -0.05) is 18.2 Å². The summed E-state index contributed by atoms with van der Waals surface area (Å²) in [7, 11) is 1.62. The Labute approximate surface area is 226 Å². The smallest absolute Gasteiger partial charge is 0.340 e. The van der Waals surface area contributed by atoms with E-state index in [9.17, 15) is 10.1 Å². The largest absolute Gasteiger partial charge is 0.497 e. The third kappa shape index (κ3) is 4.98. The van der Waals surface area contributed by atoms with Gasteiger partial charge in [-0.25, -0.2) is 9.78 Å². The number of ether oxygens (including phenoxy) is 3. The Morgan fingerprint density at radius 1 is 1.03 bits per heavy atom. The number of fused-ring (bicyclic) bond motifs is 1. The van der Waals surface area contributed by atoms with E-state index in [1.165, 1.54) is 0 Å². The van der Waals surface area contributed by atoms with Crippen LogP contribution in [0.3, 0.4) is 0 Å². The lowest BCUT2D eigenvalue weighted by atomic mass is 10.1. The lowest BCUT2D eigenvalue weighted by Gasteiger charge is -2.12. The molecular formula is C31H26N4O4. The molecule has 39 heavy (non-hydrogen) atoms. The molecule has 0 amide bonds. The van der Waals surface area contributed by atoms with Crippen LogP contribution in [0, 0.1) is 18.3 Å². The van der Waals surface area contributed by atoms with Gasteiger partial charge in [0.25, 0.3) is 0 Å². The van der Waals surface area contributed by atoms with Crippen LogP contribution >= 0.6 is 0 Å². The summed E-state index contributed by atoms with van der Waals surface area (Å²) in [5, 5.41) is 13.8. The Balaban J connectivity index is 1.58. The third-order valence-electron chi connectivity index (χ3n) is 6.28. The summed E-state index contributed by atoms with van der Waals surface area (Å²) in [6, 6.07) is 26.5. The summed E-state index contributed by atoms with van der Waals surface area (Å²) in [6.45, 7) is 3.90. The number of aromatic nitrogens is 2. The second-order valence-electron chi connectivity index (χ2n) is 8.64. The maximum absolute atomic E-state index is 13.1. The minimum Gasteiger partial charge on any atom is -0.497 e. The fourth-order valence-electron chi connectivity index (χ4n) is 4.51. The van der Waals surface area contributed by atoms with Gasteiger partial charge in [0.05, 0.1) is 30.5 Å². The molecule has 2 heterocycles. The Morgan fingerprint density at radius 2 is 1.77 bits per heavy atom. The topological polar surface area (TPSA) is 98.4 Å². The quantitative estimate of drug-likeness (QED) is 0.222. The number of pyridine rings is 1. The van der Waals surface area contributed by atoms with Crippen LogP contribution in [-0.4, -0.2) is 29.2 Å². The predicted molar refractivity (Wildman–Crippen MR) is 149 cm³/mol. The van der Waals surface area contributed by atoms with Crippen LogP contribution in [0.15, 0.2) is 85.1 Å². The average molecular weight is 519 g/mol. The van der Waals surface area contributed by atoms with E-state index >= 15 is 0 Å². The van der Waals surface area contributed by atoms with Crippen molar-refractivity contribution in [2.75, 3.05) is 19.0 Å². The van der Waals surface area contributed by atoms with Crippen LogP contribution in [0.5, 0.6) is 17.4 Å². The summed E-state index contributed by atoms with van der Waals surface area (Å²) in [6.07, 6.45) is 1.58. The molecule has 194 valence electrons. The number of methoxy groups -OCH3 is 1. The molecule has 0 saturated carbocycles. The average Bonchev–Trinajstić information content (AvgIpc) is 3.25. The van der Waals surface area contributed by atoms with Crippen LogP contribution in [-0.2, 0) is 4.74 Å². The van der Waals surface area contributed by atoms with E-state index in [1.807, 2.05) is 72.2 Å². The zero-order valence-electron chi connectivity index (χ0n) is 21.8. The fraction of sp³-hybridized carbons (Fsp3) is 0.129. The Hall–Kier alpha value is -5.29. The maximum Gasteiger partial charge on any atom is 0.340 e. The molecule has 0 atom stereocenters. The van der Waals surface area contributed by atoms with E-state index in [0.29, 0.717) is 22.4 Å². The minimum absolute atomic E-state index is 0.154. The van der Waals surface area contributed by atoms with Gasteiger partial charge in [0.2, 0.25) is 5.88 Å². The summed E-state index contributed by atoms with van der Waals surface area (Å²) >= 11 is 0. The van der Waals surface area contributed by atoms with Crippen LogP contribution in [0.1, 0.15) is 28.5 Å². The van der Waals surface area contributed by atoms with E-state index in [1.54, 1.807) is 38.4 Å². The van der Waals surface area contributed by atoms with Crippen LogP contribution in [0.4, 0.5) is 11.4 Å². The SMILES string of the molecule is CCOC(=O)c1c(C)n(-c2ccc(OC)cc2)c2ccc(Oc3nccc(Nc4ccccc4)c3C#N)cc12. The fourth-order valence-corrected chi connectivity index (χ4v) is 4.51. The Bertz CT molecular complexity index is 1690. The molecule has 0 aliphatic heterocycles. The first-order valence-electron chi connectivity index (χ1n) is 12.4. The second kappa shape index (κ2) is 11.0. The van der Waals surface area contributed by atoms with Gasteiger partial charge in [0.15, 0.2) is 0 Å². The molecular weight excluding hydrogens is 492 g/mol. The van der Waals surface area contributed by atoms with Crippen LogP contribution in [0.2, 0.25) is 0 Å². The molecule has 0 fully saturated rings. The number of anilines is 2. The van der Waals surface area contributed by atoms with Gasteiger partial charge in [-0.05, 0) is 74.5 Å². The third-order valence-corrected chi connectivity index (χ3v) is 6.28. The molecule has 0 bridgehead atoms. The van der Waals surface area contributed by atoms with Crippen LogP contribution < -0.4 is 14.8 Å². The zero-order valence-corrected chi connectivity index (χ0v) is 21.8. The molecule has 5 aromatic rings. The molecule has 0 unspecified atom stereocenters. The van der Waals surface area contributed by atoms with Gasteiger partial charge in [-0.15, -0.1) is 0 Å². The zero-order chi connectivity index (χ0) is 27.4. The van der Waals surface area contributed by atoms with Gasteiger partial charge >= 0.3 is 5.97 Å². The van der Waals surface area contributed by atoms with Crippen molar-refractivity contribution in [1.82, 2.24) is 9.55 Å². The summed E-state index contributed by atoms with van der Waals surface area (Å²) in [4.78, 5) is 17.4. The molecule has 0 aliphatic rings. The van der Waals surface area contributed by atoms with E-state index < -0.39 is 5.97 Å². The molecule has 5 rings (SSSR count). The summed E-state index contributed by atoms with van der Waals surface area (Å²) in [5.41, 5.74) is 4.53. The van der Waals surface area contributed by atoms with Crippen molar-refractivity contribution in [2.24, 2.45) is 0 Å². The Morgan fingerprint density at radius 3 is 2.46 bits per heavy atom. The number of carbonyl (C=O) groups excluding carboxylic acids is 1. The number of para-hydroxylation sites is 1. The van der Waals surface area contributed by atoms with Gasteiger partial charge in [0.1, 0.15) is 23.1 Å². The number of carbonyl (C=O) groups is 1. The van der Waals surface area contributed by atoms with Gasteiger partial charge in [0, 0.05) is 28.7 Å². The lowest BCUT2D eigenvalue weighted by Crippen LogP contribution is -2.07. The number of nitriles is 1. The molecule has 8 heteroatoms. The highest BCUT2D eigenvalue weighted by molar-refractivity contribution is 6.07. The number of esters is 1. The van der Waals surface area contributed by atoms with E-state index in [0.717, 1.165) is 28.3 Å². The highest BCUT2D eigenvalue weighted by atomic mass is 16.5. The van der Waals surface area contributed by atoms with Crippen molar-refractivity contribution in [3.8, 4) is 29.1 Å². The van der Waals surface area contributed by atoms with Gasteiger partial charge in [-0.3, -0.25) is 0 Å². The molecule has 0 saturated heterocycles. The number of hydrogen-bond donors (Lipinski definition) is 1. The number of hydrogen-bond acceptors (Lipinski definition) is 7. The first-order chi connectivity index (χ1) is 19.0. The standard InChI is InChI=1S/C31H26N4O4/c1-4-38-31(36)29-20(2)35(22-10-12-23(37-3)13-11-22)28-15-14-24(18-25(28)29)39-30-26(19-32)27(16-17-33-30)34-21-8-6-5-7-9-21/h5-18H,4H2,1-3H3,(H,33,34). The number of rotatable bonds is 8. The highest BCUT2D eigenvalue weighted by Crippen LogP contribution is 2.35. The molecule has 0 aliphatic carbocycles. The van der Waals surface area contributed by atoms with Crippen molar-refractivity contribution in [3.63, 3.8) is 0 Å². The van der Waals surface area contributed by atoms with Crippen molar-refractivity contribution in [1.29, 1.82) is 5.26 Å². The van der Waals surface area contributed by atoms with Crippen molar-refractivity contribution in [3.05, 3.63) is 102 Å². The highest BCUT2D eigenvalue weighted by Gasteiger charge is 2.23. The van der Waals surface area contributed by atoms with Crippen molar-refractivity contribution >= 4 is 28.2 Å². The summed E-state index contributed by atoms with van der Waals surface area (Å²) < 4.78 is 18.8. The number of nitrogens with zero attached hydrogens (tertiary/aromatic N) is 3. The minimum atomic E-state index is -0.422. The first-order valence-corrected chi connectivity index (χ1v) is 12.4. The van der Waals surface area contributed by atoms with Gasteiger partial charge in [-0.2, -0.15) is 5.26 Å². The van der Waals surface area contributed by atoms with E-state index in [-0.39, 0.29) is 18.1 Å². The molecule has 0 spiro atoms. The monoisotopic (exact) mass is 518 g/mol. The number of nitrogens with one attached hydrogen (secondary N) is 1. The number of benzene rings is 3. The molecule has 1 N–H and O–H groups in total. The van der Waals surface area contributed by atoms with E-state index in [2.05, 4.69) is 16.4 Å². The van der Waals surface area contributed by atoms with E-state index in [4.69, 9.17) is 14.2 Å². The molecule has 0 radical (unpaired) electrons. The Kier molecular flexibility index (Phi) is 7.15. The van der Waals surface area contributed by atoms with Gasteiger partial charge < -0.3 is 24.1 Å². The van der Waals surface area contributed by atoms with Crippen molar-refractivity contribution < 1.29 is 19.0 Å². The first kappa shape index (κ1) is 25.4. The molecule has 8 nitrogen and oxygen atoms in total. The van der Waals surface area contributed by atoms with Crippen LogP contribution in [0.25, 0.3) is 16.6 Å². The van der Waals surface area contributed by atoms with Crippen molar-refractivity contribution in [2.45, 2.75) is 13.8 Å². The molecule has 2 aromatic heterocycles. The maximum atomic E-state index is 13.1. The lowest BCUT2D eigenvalue weighted by molar-refractivity contribution is 0.0527. The second-order valence-corrected chi connectivity index (χ2v) is 8.64. The molecule has 3 aromatic carbocycles.